The van der Waals surface area contributed by atoms with Gasteiger partial charge in [0.15, 0.2) is 11.0 Å². The Morgan fingerprint density at radius 2 is 1.82 bits per heavy atom. The van der Waals surface area contributed by atoms with Crippen molar-refractivity contribution in [2.75, 3.05) is 23.7 Å². The SMILES string of the molecule is N#CCCN(CCC#N)c1ncnc(Cl)c1N. The van der Waals surface area contributed by atoms with Crippen molar-refractivity contribution in [3.63, 3.8) is 0 Å². The summed E-state index contributed by atoms with van der Waals surface area (Å²) in [5.74, 6) is 0.468. The summed E-state index contributed by atoms with van der Waals surface area (Å²) in [6, 6.07) is 4.07. The number of nitrogens with two attached hydrogens (primary N) is 1. The topological polar surface area (TPSA) is 103 Å². The summed E-state index contributed by atoms with van der Waals surface area (Å²) in [6.07, 6.45) is 1.96. The van der Waals surface area contributed by atoms with E-state index in [1.807, 2.05) is 12.1 Å². The van der Waals surface area contributed by atoms with Crippen molar-refractivity contribution < 1.29 is 0 Å². The van der Waals surface area contributed by atoms with Crippen LogP contribution >= 0.6 is 11.6 Å². The van der Waals surface area contributed by atoms with Crippen LogP contribution in [0.5, 0.6) is 0 Å². The highest BCUT2D eigenvalue weighted by molar-refractivity contribution is 6.32. The van der Waals surface area contributed by atoms with Crippen molar-refractivity contribution in [1.29, 1.82) is 10.5 Å². The molecule has 0 fully saturated rings. The molecule has 1 rings (SSSR count). The van der Waals surface area contributed by atoms with Crippen LogP contribution in [-0.2, 0) is 0 Å². The van der Waals surface area contributed by atoms with Crippen molar-refractivity contribution in [1.82, 2.24) is 9.97 Å². The van der Waals surface area contributed by atoms with Gasteiger partial charge in [-0.15, -0.1) is 0 Å². The highest BCUT2D eigenvalue weighted by Crippen LogP contribution is 2.25. The fraction of sp³-hybridized carbons (Fsp3) is 0.400. The molecule has 0 aliphatic carbocycles. The van der Waals surface area contributed by atoms with E-state index in [2.05, 4.69) is 9.97 Å². The summed E-state index contributed by atoms with van der Waals surface area (Å²) in [5.41, 5.74) is 6.03. The van der Waals surface area contributed by atoms with Crippen LogP contribution in [-0.4, -0.2) is 23.1 Å². The van der Waals surface area contributed by atoms with Crippen molar-refractivity contribution in [3.8, 4) is 12.1 Å². The van der Waals surface area contributed by atoms with E-state index in [0.717, 1.165) is 0 Å². The summed E-state index contributed by atoms with van der Waals surface area (Å²) >= 11 is 5.79. The molecule has 1 heterocycles. The number of aromatic nitrogens is 2. The van der Waals surface area contributed by atoms with Crippen molar-refractivity contribution in [3.05, 3.63) is 11.5 Å². The molecule has 0 aliphatic rings. The number of halogens is 1. The van der Waals surface area contributed by atoms with Gasteiger partial charge in [-0.2, -0.15) is 10.5 Å². The lowest BCUT2D eigenvalue weighted by molar-refractivity contribution is 0.781. The van der Waals surface area contributed by atoms with Crippen LogP contribution < -0.4 is 10.6 Å². The van der Waals surface area contributed by atoms with E-state index in [4.69, 9.17) is 27.9 Å². The molecule has 6 nitrogen and oxygen atoms in total. The van der Waals surface area contributed by atoms with Gasteiger partial charge in [0.1, 0.15) is 12.0 Å². The molecule has 0 saturated heterocycles. The first-order chi connectivity index (χ1) is 8.20. The zero-order chi connectivity index (χ0) is 12.7. The predicted molar refractivity (Wildman–Crippen MR) is 64.1 cm³/mol. The first-order valence-corrected chi connectivity index (χ1v) is 5.33. The number of hydrogen-bond donors (Lipinski definition) is 1. The highest BCUT2D eigenvalue weighted by Gasteiger charge is 2.13. The second kappa shape index (κ2) is 6.51. The maximum atomic E-state index is 8.58. The lowest BCUT2D eigenvalue weighted by atomic mass is 10.3. The number of rotatable bonds is 5. The molecule has 0 aromatic carbocycles. The molecule has 0 atom stereocenters. The van der Waals surface area contributed by atoms with Crippen molar-refractivity contribution in [2.45, 2.75) is 12.8 Å². The van der Waals surface area contributed by atoms with Crippen LogP contribution in [0.15, 0.2) is 6.33 Å². The molecular formula is C10H11ClN6. The molecular weight excluding hydrogens is 240 g/mol. The Morgan fingerprint density at radius 3 is 2.35 bits per heavy atom. The molecule has 0 bridgehead atoms. The molecule has 0 saturated carbocycles. The van der Waals surface area contributed by atoms with Gasteiger partial charge in [0.25, 0.3) is 0 Å². The van der Waals surface area contributed by atoms with Crippen LogP contribution in [0.3, 0.4) is 0 Å². The minimum absolute atomic E-state index is 0.175. The Labute approximate surface area is 104 Å². The summed E-state index contributed by atoms with van der Waals surface area (Å²) in [4.78, 5) is 9.55. The molecule has 0 aliphatic heterocycles. The number of nitrogens with zero attached hydrogens (tertiary/aromatic N) is 5. The molecule has 88 valence electrons. The van der Waals surface area contributed by atoms with Gasteiger partial charge in [0, 0.05) is 13.1 Å². The van der Waals surface area contributed by atoms with E-state index >= 15 is 0 Å². The van der Waals surface area contributed by atoms with Gasteiger partial charge < -0.3 is 10.6 Å². The van der Waals surface area contributed by atoms with E-state index in [9.17, 15) is 0 Å². The molecule has 0 amide bonds. The number of hydrogen-bond acceptors (Lipinski definition) is 6. The van der Waals surface area contributed by atoms with Gasteiger partial charge in [-0.3, -0.25) is 0 Å². The van der Waals surface area contributed by atoms with Crippen LogP contribution in [0.25, 0.3) is 0 Å². The van der Waals surface area contributed by atoms with Crippen LogP contribution in [0, 0.1) is 22.7 Å². The number of nitriles is 2. The molecule has 0 radical (unpaired) electrons. The first kappa shape index (κ1) is 13.0. The third-order valence-electron chi connectivity index (χ3n) is 2.10. The first-order valence-electron chi connectivity index (χ1n) is 4.95. The third-order valence-corrected chi connectivity index (χ3v) is 2.40. The second-order valence-corrected chi connectivity index (χ2v) is 3.56. The Bertz CT molecular complexity index is 443. The number of nitrogen functional groups attached to an aromatic ring is 1. The maximum absolute atomic E-state index is 8.58. The smallest absolute Gasteiger partial charge is 0.157 e. The van der Waals surface area contributed by atoms with E-state index in [-0.39, 0.29) is 10.8 Å². The minimum Gasteiger partial charge on any atom is -0.393 e. The van der Waals surface area contributed by atoms with Gasteiger partial charge in [-0.25, -0.2) is 9.97 Å². The summed E-state index contributed by atoms with van der Waals surface area (Å²) in [5, 5.41) is 17.3. The average molecular weight is 251 g/mol. The molecule has 0 unspecified atom stereocenters. The van der Waals surface area contributed by atoms with E-state index in [1.54, 1.807) is 4.90 Å². The highest BCUT2D eigenvalue weighted by atomic mass is 35.5. The molecule has 17 heavy (non-hydrogen) atoms. The average Bonchev–Trinajstić information content (AvgIpc) is 2.34. The normalized spacial score (nSPS) is 9.35. The summed E-state index contributed by atoms with van der Waals surface area (Å²) < 4.78 is 0. The molecule has 1 aromatic heterocycles. The fourth-order valence-corrected chi connectivity index (χ4v) is 1.44. The van der Waals surface area contributed by atoms with Crippen LogP contribution in [0.4, 0.5) is 11.5 Å². The summed E-state index contributed by atoms with van der Waals surface area (Å²) in [7, 11) is 0. The van der Waals surface area contributed by atoms with Crippen molar-refractivity contribution >= 4 is 23.1 Å². The van der Waals surface area contributed by atoms with E-state index in [0.29, 0.717) is 31.7 Å². The van der Waals surface area contributed by atoms with Gasteiger partial charge in [-0.05, 0) is 0 Å². The van der Waals surface area contributed by atoms with E-state index < -0.39 is 0 Å². The molecule has 0 spiro atoms. The second-order valence-electron chi connectivity index (χ2n) is 3.21. The zero-order valence-corrected chi connectivity index (χ0v) is 9.85. The largest absolute Gasteiger partial charge is 0.393 e. The molecule has 7 heteroatoms. The summed E-state index contributed by atoms with van der Waals surface area (Å²) in [6.45, 7) is 0.908. The lowest BCUT2D eigenvalue weighted by Gasteiger charge is -2.22. The Morgan fingerprint density at radius 1 is 1.24 bits per heavy atom. The maximum Gasteiger partial charge on any atom is 0.157 e. The van der Waals surface area contributed by atoms with Gasteiger partial charge in [0.2, 0.25) is 0 Å². The quantitative estimate of drug-likeness (QED) is 0.791. The van der Waals surface area contributed by atoms with Gasteiger partial charge in [-0.1, -0.05) is 11.6 Å². The minimum atomic E-state index is 0.175. The standard InChI is InChI=1S/C10H11ClN6/c11-9-8(14)10(16-7-15-9)17(5-1-3-12)6-2-4-13/h7H,1-2,5-6,14H2. The molecule has 2 N–H and O–H groups in total. The lowest BCUT2D eigenvalue weighted by Crippen LogP contribution is -2.27. The van der Waals surface area contributed by atoms with Crippen LogP contribution in [0.1, 0.15) is 12.8 Å². The third kappa shape index (κ3) is 3.47. The Hall–Kier alpha value is -2.05. The Balaban J connectivity index is 2.92. The fourth-order valence-electron chi connectivity index (χ4n) is 1.31. The zero-order valence-electron chi connectivity index (χ0n) is 9.10. The Kier molecular flexibility index (Phi) is 4.99. The predicted octanol–water partition coefficient (Wildman–Crippen LogP) is 1.35. The van der Waals surface area contributed by atoms with E-state index in [1.165, 1.54) is 6.33 Å². The monoisotopic (exact) mass is 250 g/mol. The van der Waals surface area contributed by atoms with Gasteiger partial charge in [0.05, 0.1) is 25.0 Å². The number of anilines is 2. The molecule has 1 aromatic rings. The van der Waals surface area contributed by atoms with Gasteiger partial charge >= 0.3 is 0 Å². The van der Waals surface area contributed by atoms with Crippen LogP contribution in [0.2, 0.25) is 5.15 Å². The van der Waals surface area contributed by atoms with Crippen molar-refractivity contribution in [2.24, 2.45) is 0 Å².